The number of carbonyl (C=O) groups is 1. The highest BCUT2D eigenvalue weighted by molar-refractivity contribution is 8.14. The summed E-state index contributed by atoms with van der Waals surface area (Å²) in [7, 11) is 0. The second kappa shape index (κ2) is 5.54. The summed E-state index contributed by atoms with van der Waals surface area (Å²) in [5, 5.41) is 0.913. The van der Waals surface area contributed by atoms with Gasteiger partial charge in [-0.3, -0.25) is 4.79 Å². The molecular weight excluding hydrogens is 208 g/mol. The van der Waals surface area contributed by atoms with E-state index in [0.717, 1.165) is 17.5 Å². The molecule has 1 fully saturated rings. The van der Waals surface area contributed by atoms with E-state index in [4.69, 9.17) is 0 Å². The predicted octanol–water partition coefficient (Wildman–Crippen LogP) is 2.37. The van der Waals surface area contributed by atoms with Crippen molar-refractivity contribution in [3.05, 3.63) is 0 Å². The molecule has 1 heterocycles. The van der Waals surface area contributed by atoms with Crippen molar-refractivity contribution in [2.45, 2.75) is 40.2 Å². The minimum absolute atomic E-state index is 0.0139. The summed E-state index contributed by atoms with van der Waals surface area (Å²) < 4.78 is 0. The smallest absolute Gasteiger partial charge is 0.248 e. The van der Waals surface area contributed by atoms with Gasteiger partial charge in [0.2, 0.25) is 5.91 Å². The van der Waals surface area contributed by atoms with Crippen LogP contribution in [0.5, 0.6) is 0 Å². The lowest BCUT2D eigenvalue weighted by Crippen LogP contribution is -2.32. The van der Waals surface area contributed by atoms with Gasteiger partial charge in [0.1, 0.15) is 0 Å². The molecule has 1 aliphatic heterocycles. The van der Waals surface area contributed by atoms with Gasteiger partial charge in [-0.1, -0.05) is 25.6 Å². The predicted molar refractivity (Wildman–Crippen MR) is 66.2 cm³/mol. The molecule has 0 saturated carbocycles. The first kappa shape index (κ1) is 12.6. The fourth-order valence-corrected chi connectivity index (χ4v) is 2.60. The van der Waals surface area contributed by atoms with Crippen LogP contribution in [0.3, 0.4) is 0 Å². The van der Waals surface area contributed by atoms with Crippen molar-refractivity contribution >= 4 is 22.8 Å². The number of amidine groups is 1. The van der Waals surface area contributed by atoms with Gasteiger partial charge in [-0.05, 0) is 19.8 Å². The fraction of sp³-hybridized carbons (Fsp3) is 0.818. The largest absolute Gasteiger partial charge is 0.348 e. The Bertz CT molecular complexity index is 261. The van der Waals surface area contributed by atoms with Crippen LogP contribution >= 0.6 is 11.8 Å². The summed E-state index contributed by atoms with van der Waals surface area (Å²) in [6.07, 6.45) is 0.552. The fourth-order valence-electron chi connectivity index (χ4n) is 1.49. The van der Waals surface area contributed by atoms with Crippen LogP contribution in [0.4, 0.5) is 0 Å². The van der Waals surface area contributed by atoms with Gasteiger partial charge in [0.15, 0.2) is 5.17 Å². The number of rotatable bonds is 3. The zero-order chi connectivity index (χ0) is 11.4. The molecule has 4 heteroatoms. The van der Waals surface area contributed by atoms with Crippen LogP contribution < -0.4 is 0 Å². The van der Waals surface area contributed by atoms with Crippen LogP contribution in [0.1, 0.15) is 34.1 Å². The molecule has 0 aromatic heterocycles. The van der Waals surface area contributed by atoms with Crippen LogP contribution in [0.15, 0.2) is 4.99 Å². The number of thioether (sulfide) groups is 1. The van der Waals surface area contributed by atoms with Gasteiger partial charge >= 0.3 is 0 Å². The average Bonchev–Trinajstić information content (AvgIpc) is 2.50. The molecular formula is C11H20N2OS. The van der Waals surface area contributed by atoms with Gasteiger partial charge in [0.05, 0.1) is 0 Å². The Morgan fingerprint density at radius 2 is 2.13 bits per heavy atom. The highest BCUT2D eigenvalue weighted by Gasteiger charge is 2.22. The molecule has 0 radical (unpaired) electrons. The number of hydrogen-bond donors (Lipinski definition) is 0. The monoisotopic (exact) mass is 228 g/mol. The Morgan fingerprint density at radius 3 is 2.67 bits per heavy atom. The van der Waals surface area contributed by atoms with E-state index in [9.17, 15) is 4.79 Å². The quantitative estimate of drug-likeness (QED) is 0.743. The van der Waals surface area contributed by atoms with Crippen molar-refractivity contribution in [3.8, 4) is 0 Å². The Morgan fingerprint density at radius 1 is 1.47 bits per heavy atom. The van der Waals surface area contributed by atoms with Crippen molar-refractivity contribution < 1.29 is 4.79 Å². The molecule has 0 bridgehead atoms. The lowest BCUT2D eigenvalue weighted by molar-refractivity contribution is -0.118. The van der Waals surface area contributed by atoms with Gasteiger partial charge in [-0.25, -0.2) is 0 Å². The maximum Gasteiger partial charge on any atom is 0.248 e. The second-order valence-electron chi connectivity index (χ2n) is 4.52. The van der Waals surface area contributed by atoms with E-state index in [1.807, 2.05) is 13.8 Å². The summed E-state index contributed by atoms with van der Waals surface area (Å²) in [5.41, 5.74) is 0. The van der Waals surface area contributed by atoms with E-state index in [1.165, 1.54) is 0 Å². The molecule has 0 aliphatic carbocycles. The SMILES string of the molecule is CC(C)CC(=O)N=C1SCCN1C(C)C. The second-order valence-corrected chi connectivity index (χ2v) is 5.58. The van der Waals surface area contributed by atoms with Gasteiger partial charge in [0, 0.05) is 24.8 Å². The summed E-state index contributed by atoms with van der Waals surface area (Å²) in [4.78, 5) is 17.9. The van der Waals surface area contributed by atoms with Crippen LogP contribution in [0, 0.1) is 5.92 Å². The van der Waals surface area contributed by atoms with Crippen LogP contribution in [-0.2, 0) is 4.79 Å². The molecule has 0 atom stereocenters. The third kappa shape index (κ3) is 3.86. The highest BCUT2D eigenvalue weighted by Crippen LogP contribution is 2.20. The Balaban J connectivity index is 2.61. The molecule has 1 aliphatic rings. The normalized spacial score (nSPS) is 19.6. The summed E-state index contributed by atoms with van der Waals surface area (Å²) >= 11 is 1.69. The number of amides is 1. The minimum Gasteiger partial charge on any atom is -0.348 e. The maximum absolute atomic E-state index is 11.6. The number of aliphatic imine (C=N–C) groups is 1. The van der Waals surface area contributed by atoms with Crippen molar-refractivity contribution in [1.82, 2.24) is 4.90 Å². The highest BCUT2D eigenvalue weighted by atomic mass is 32.2. The standard InChI is InChI=1S/C11H20N2OS/c1-8(2)7-10(14)12-11-13(9(3)4)5-6-15-11/h8-9H,5-7H2,1-4H3. The van der Waals surface area contributed by atoms with Crippen molar-refractivity contribution in [1.29, 1.82) is 0 Å². The molecule has 1 saturated heterocycles. The number of carbonyl (C=O) groups excluding carboxylic acids is 1. The lowest BCUT2D eigenvalue weighted by atomic mass is 10.1. The first-order valence-corrected chi connectivity index (χ1v) is 6.50. The molecule has 15 heavy (non-hydrogen) atoms. The number of nitrogens with zero attached hydrogens (tertiary/aromatic N) is 2. The van der Waals surface area contributed by atoms with Crippen LogP contribution in [-0.4, -0.2) is 34.3 Å². The lowest BCUT2D eigenvalue weighted by Gasteiger charge is -2.21. The van der Waals surface area contributed by atoms with Crippen LogP contribution in [0.2, 0.25) is 0 Å². The molecule has 0 aromatic carbocycles. The molecule has 1 amide bonds. The van der Waals surface area contributed by atoms with E-state index < -0.39 is 0 Å². The molecule has 0 N–H and O–H groups in total. The van der Waals surface area contributed by atoms with Crippen molar-refractivity contribution in [2.75, 3.05) is 12.3 Å². The van der Waals surface area contributed by atoms with Gasteiger partial charge < -0.3 is 4.90 Å². The molecule has 0 unspecified atom stereocenters. The number of hydrogen-bond acceptors (Lipinski definition) is 2. The Labute approximate surface area is 96.3 Å². The van der Waals surface area contributed by atoms with E-state index in [1.54, 1.807) is 11.8 Å². The topological polar surface area (TPSA) is 32.7 Å². The average molecular weight is 228 g/mol. The summed E-state index contributed by atoms with van der Waals surface area (Å²) in [6, 6.07) is 0.436. The molecule has 0 aromatic rings. The minimum atomic E-state index is 0.0139. The maximum atomic E-state index is 11.6. The summed E-state index contributed by atoms with van der Waals surface area (Å²) in [5.74, 6) is 1.45. The third-order valence-electron chi connectivity index (χ3n) is 2.24. The van der Waals surface area contributed by atoms with Crippen molar-refractivity contribution in [3.63, 3.8) is 0 Å². The van der Waals surface area contributed by atoms with Gasteiger partial charge in [0.25, 0.3) is 0 Å². The zero-order valence-electron chi connectivity index (χ0n) is 9.99. The molecule has 86 valence electrons. The van der Waals surface area contributed by atoms with E-state index in [-0.39, 0.29) is 5.91 Å². The van der Waals surface area contributed by atoms with Gasteiger partial charge in [-0.15, -0.1) is 0 Å². The Kier molecular flexibility index (Phi) is 4.64. The first-order valence-electron chi connectivity index (χ1n) is 5.51. The first-order chi connectivity index (χ1) is 7.00. The van der Waals surface area contributed by atoms with Crippen LogP contribution in [0.25, 0.3) is 0 Å². The molecule has 3 nitrogen and oxygen atoms in total. The van der Waals surface area contributed by atoms with Crippen molar-refractivity contribution in [2.24, 2.45) is 10.9 Å². The third-order valence-corrected chi connectivity index (χ3v) is 3.21. The zero-order valence-corrected chi connectivity index (χ0v) is 10.8. The Hall–Kier alpha value is -0.510. The van der Waals surface area contributed by atoms with Gasteiger partial charge in [-0.2, -0.15) is 4.99 Å². The van der Waals surface area contributed by atoms with E-state index >= 15 is 0 Å². The van der Waals surface area contributed by atoms with E-state index in [2.05, 4.69) is 23.7 Å². The molecule has 0 spiro atoms. The summed E-state index contributed by atoms with van der Waals surface area (Å²) in [6.45, 7) is 9.36. The van der Waals surface area contributed by atoms with E-state index in [0.29, 0.717) is 18.4 Å². The molecule has 1 rings (SSSR count).